The Bertz CT molecular complexity index is 972. The number of ketones is 1. The van der Waals surface area contributed by atoms with Crippen LogP contribution in [0.25, 0.3) is 0 Å². The van der Waals surface area contributed by atoms with Crippen molar-refractivity contribution >= 4 is 11.8 Å². The van der Waals surface area contributed by atoms with Gasteiger partial charge in [-0.1, -0.05) is 41.1 Å². The van der Waals surface area contributed by atoms with E-state index in [2.05, 4.69) is 5.16 Å². The minimum absolute atomic E-state index is 0.0360. The van der Waals surface area contributed by atoms with Crippen molar-refractivity contribution in [3.63, 3.8) is 0 Å². The van der Waals surface area contributed by atoms with Gasteiger partial charge in [0, 0.05) is 17.2 Å². The zero-order valence-corrected chi connectivity index (χ0v) is 14.9. The minimum Gasteiger partial charge on any atom is -0.454 e. The first-order chi connectivity index (χ1) is 12.5. The monoisotopic (exact) mass is 349 g/mol. The van der Waals surface area contributed by atoms with E-state index in [9.17, 15) is 9.59 Å². The third-order valence-electron chi connectivity index (χ3n) is 4.05. The van der Waals surface area contributed by atoms with E-state index in [4.69, 9.17) is 9.26 Å². The van der Waals surface area contributed by atoms with E-state index < -0.39 is 5.97 Å². The highest BCUT2D eigenvalue weighted by Gasteiger charge is 2.20. The van der Waals surface area contributed by atoms with Gasteiger partial charge in [0.1, 0.15) is 0 Å². The van der Waals surface area contributed by atoms with Gasteiger partial charge in [0.15, 0.2) is 18.2 Å². The molecule has 0 bridgehead atoms. The zero-order valence-electron chi connectivity index (χ0n) is 14.9. The predicted molar refractivity (Wildman–Crippen MR) is 96.2 cm³/mol. The molecule has 26 heavy (non-hydrogen) atoms. The Morgan fingerprint density at radius 3 is 2.38 bits per heavy atom. The standard InChI is InChI=1S/C21H19NO4/c1-13-8-9-14(2)19(10-13)20(23)17-6-4-5-7-18(17)21(24)25-12-16-11-15(3)22-26-16/h4-11H,12H2,1-3H3. The van der Waals surface area contributed by atoms with Crippen LogP contribution in [0.3, 0.4) is 0 Å². The Balaban J connectivity index is 1.86. The van der Waals surface area contributed by atoms with Crippen LogP contribution >= 0.6 is 0 Å². The number of hydrogen-bond donors (Lipinski definition) is 0. The summed E-state index contributed by atoms with van der Waals surface area (Å²) in [7, 11) is 0. The highest BCUT2D eigenvalue weighted by molar-refractivity contribution is 6.15. The van der Waals surface area contributed by atoms with Crippen LogP contribution in [0.5, 0.6) is 0 Å². The Morgan fingerprint density at radius 2 is 1.69 bits per heavy atom. The Morgan fingerprint density at radius 1 is 0.962 bits per heavy atom. The van der Waals surface area contributed by atoms with Crippen LogP contribution in [-0.2, 0) is 11.3 Å². The first-order valence-corrected chi connectivity index (χ1v) is 8.26. The van der Waals surface area contributed by atoms with Gasteiger partial charge in [-0.05, 0) is 38.5 Å². The molecular weight excluding hydrogens is 330 g/mol. The minimum atomic E-state index is -0.576. The lowest BCUT2D eigenvalue weighted by molar-refractivity contribution is 0.0435. The van der Waals surface area contributed by atoms with E-state index in [0.717, 1.165) is 11.1 Å². The molecule has 0 amide bonds. The van der Waals surface area contributed by atoms with Crippen LogP contribution in [0.4, 0.5) is 0 Å². The van der Waals surface area contributed by atoms with Gasteiger partial charge < -0.3 is 9.26 Å². The van der Waals surface area contributed by atoms with Crippen LogP contribution < -0.4 is 0 Å². The molecule has 3 rings (SSSR count). The fourth-order valence-corrected chi connectivity index (χ4v) is 2.68. The average molecular weight is 349 g/mol. The highest BCUT2D eigenvalue weighted by Crippen LogP contribution is 2.20. The number of aryl methyl sites for hydroxylation is 3. The van der Waals surface area contributed by atoms with Crippen LogP contribution in [0.1, 0.15) is 48.9 Å². The van der Waals surface area contributed by atoms with Gasteiger partial charge >= 0.3 is 5.97 Å². The zero-order chi connectivity index (χ0) is 18.7. The molecule has 0 saturated heterocycles. The van der Waals surface area contributed by atoms with Gasteiger partial charge in [0.2, 0.25) is 0 Å². The maximum absolute atomic E-state index is 13.0. The molecule has 0 N–H and O–H groups in total. The summed E-state index contributed by atoms with van der Waals surface area (Å²) in [5, 5.41) is 3.75. The molecule has 0 saturated carbocycles. The number of carbonyl (C=O) groups excluding carboxylic acids is 2. The summed E-state index contributed by atoms with van der Waals surface area (Å²) in [5.41, 5.74) is 3.69. The molecule has 0 unspecified atom stereocenters. The topological polar surface area (TPSA) is 69.4 Å². The van der Waals surface area contributed by atoms with Crippen LogP contribution in [-0.4, -0.2) is 16.9 Å². The fourth-order valence-electron chi connectivity index (χ4n) is 2.68. The number of aromatic nitrogens is 1. The number of hydrogen-bond acceptors (Lipinski definition) is 5. The summed E-state index contributed by atoms with van der Waals surface area (Å²) in [4.78, 5) is 25.5. The van der Waals surface area contributed by atoms with Crippen molar-refractivity contribution in [3.05, 3.63) is 87.8 Å². The largest absolute Gasteiger partial charge is 0.454 e. The molecule has 5 nitrogen and oxygen atoms in total. The van der Waals surface area contributed by atoms with Gasteiger partial charge in [-0.25, -0.2) is 4.79 Å². The molecule has 0 aliphatic rings. The highest BCUT2D eigenvalue weighted by atomic mass is 16.5. The molecule has 0 aliphatic carbocycles. The lowest BCUT2D eigenvalue weighted by atomic mass is 9.94. The molecule has 0 spiro atoms. The van der Waals surface area contributed by atoms with Gasteiger partial charge in [-0.2, -0.15) is 0 Å². The molecule has 0 aliphatic heterocycles. The van der Waals surface area contributed by atoms with E-state index >= 15 is 0 Å². The van der Waals surface area contributed by atoms with E-state index in [-0.39, 0.29) is 18.0 Å². The van der Waals surface area contributed by atoms with Crippen molar-refractivity contribution in [2.24, 2.45) is 0 Å². The SMILES string of the molecule is Cc1ccc(C)c(C(=O)c2ccccc2C(=O)OCc2cc(C)no2)c1. The van der Waals surface area contributed by atoms with Crippen molar-refractivity contribution in [3.8, 4) is 0 Å². The normalized spacial score (nSPS) is 10.6. The van der Waals surface area contributed by atoms with Gasteiger partial charge in [-0.3, -0.25) is 4.79 Å². The summed E-state index contributed by atoms with van der Waals surface area (Å²) in [5.74, 6) is -0.322. The number of esters is 1. The fraction of sp³-hybridized carbons (Fsp3) is 0.190. The van der Waals surface area contributed by atoms with E-state index in [0.29, 0.717) is 22.6 Å². The first-order valence-electron chi connectivity index (χ1n) is 8.26. The van der Waals surface area contributed by atoms with Crippen LogP contribution in [0.15, 0.2) is 53.1 Å². The third-order valence-corrected chi connectivity index (χ3v) is 4.05. The van der Waals surface area contributed by atoms with Crippen molar-refractivity contribution in [2.45, 2.75) is 27.4 Å². The molecule has 0 fully saturated rings. The number of benzene rings is 2. The Hall–Kier alpha value is -3.21. The van der Waals surface area contributed by atoms with Gasteiger partial charge in [0.05, 0.1) is 11.3 Å². The molecule has 2 aromatic carbocycles. The van der Waals surface area contributed by atoms with Crippen molar-refractivity contribution < 1.29 is 18.8 Å². The number of ether oxygens (including phenoxy) is 1. The van der Waals surface area contributed by atoms with E-state index in [1.807, 2.05) is 32.0 Å². The third kappa shape index (κ3) is 3.72. The van der Waals surface area contributed by atoms with Gasteiger partial charge in [-0.15, -0.1) is 0 Å². The lowest BCUT2D eigenvalue weighted by Crippen LogP contribution is -2.13. The molecular formula is C21H19NO4. The molecule has 5 heteroatoms. The number of rotatable bonds is 5. The number of carbonyl (C=O) groups is 2. The molecule has 3 aromatic rings. The smallest absolute Gasteiger partial charge is 0.339 e. The van der Waals surface area contributed by atoms with Crippen molar-refractivity contribution in [2.75, 3.05) is 0 Å². The molecule has 1 heterocycles. The summed E-state index contributed by atoms with van der Waals surface area (Å²) in [6, 6.07) is 14.0. The second-order valence-electron chi connectivity index (χ2n) is 6.20. The molecule has 1 aromatic heterocycles. The molecule has 132 valence electrons. The van der Waals surface area contributed by atoms with E-state index in [1.54, 1.807) is 37.3 Å². The summed E-state index contributed by atoms with van der Waals surface area (Å²) >= 11 is 0. The van der Waals surface area contributed by atoms with Crippen LogP contribution in [0, 0.1) is 20.8 Å². The number of nitrogens with zero attached hydrogens (tertiary/aromatic N) is 1. The predicted octanol–water partition coefficient (Wildman–Crippen LogP) is 4.19. The second kappa shape index (κ2) is 7.35. The second-order valence-corrected chi connectivity index (χ2v) is 6.20. The maximum atomic E-state index is 13.0. The first kappa shape index (κ1) is 17.6. The quantitative estimate of drug-likeness (QED) is 0.510. The summed E-state index contributed by atoms with van der Waals surface area (Å²) in [6.45, 7) is 5.55. The Labute approximate surface area is 151 Å². The van der Waals surface area contributed by atoms with Crippen molar-refractivity contribution in [1.82, 2.24) is 5.16 Å². The maximum Gasteiger partial charge on any atom is 0.339 e. The average Bonchev–Trinajstić information content (AvgIpc) is 3.06. The van der Waals surface area contributed by atoms with Crippen molar-refractivity contribution in [1.29, 1.82) is 0 Å². The molecule has 0 radical (unpaired) electrons. The summed E-state index contributed by atoms with van der Waals surface area (Å²) in [6.07, 6.45) is 0. The van der Waals surface area contributed by atoms with E-state index in [1.165, 1.54) is 0 Å². The van der Waals surface area contributed by atoms with Crippen LogP contribution in [0.2, 0.25) is 0 Å². The Kier molecular flexibility index (Phi) is 4.98. The molecule has 0 atom stereocenters. The summed E-state index contributed by atoms with van der Waals surface area (Å²) < 4.78 is 10.3. The van der Waals surface area contributed by atoms with Gasteiger partial charge in [0.25, 0.3) is 0 Å². The lowest BCUT2D eigenvalue weighted by Gasteiger charge is -2.10.